The number of carbonyl (C=O) groups excluding carboxylic acids is 1. The molecule has 11 heteroatoms. The van der Waals surface area contributed by atoms with Gasteiger partial charge in [-0.25, -0.2) is 4.79 Å². The predicted molar refractivity (Wildman–Crippen MR) is 125 cm³/mol. The van der Waals surface area contributed by atoms with Crippen molar-refractivity contribution >= 4 is 6.09 Å². The van der Waals surface area contributed by atoms with Crippen LogP contribution in [0.2, 0.25) is 0 Å². The SMILES string of the molecule is COCO[C@@H]1C[C@H](COc2ccc([C@H](C)NC(=O)OCc3ccccc3)c(OC(F)(F)F)c2)N(C)C1. The fraction of sp³-hybridized carbons (Fsp3) is 0.480. The highest BCUT2D eigenvalue weighted by atomic mass is 19.4. The maximum atomic E-state index is 13.1. The van der Waals surface area contributed by atoms with E-state index in [2.05, 4.69) is 15.0 Å². The lowest BCUT2D eigenvalue weighted by atomic mass is 10.1. The van der Waals surface area contributed by atoms with Crippen molar-refractivity contribution in [2.75, 3.05) is 34.1 Å². The number of rotatable bonds is 11. The highest BCUT2D eigenvalue weighted by molar-refractivity contribution is 5.68. The third kappa shape index (κ3) is 8.58. The molecule has 0 unspecified atom stereocenters. The molecule has 1 amide bonds. The van der Waals surface area contributed by atoms with Gasteiger partial charge in [-0.15, -0.1) is 13.2 Å². The van der Waals surface area contributed by atoms with Crippen molar-refractivity contribution in [1.82, 2.24) is 10.2 Å². The van der Waals surface area contributed by atoms with Gasteiger partial charge in [0.15, 0.2) is 0 Å². The number of carbonyl (C=O) groups is 1. The van der Waals surface area contributed by atoms with Crippen LogP contribution in [0, 0.1) is 0 Å². The number of likely N-dealkylation sites (N-methyl/N-ethyl adjacent to an activating group) is 1. The van der Waals surface area contributed by atoms with Crippen molar-refractivity contribution in [3.63, 3.8) is 0 Å². The minimum Gasteiger partial charge on any atom is -0.492 e. The Hall–Kier alpha value is -3.02. The van der Waals surface area contributed by atoms with Gasteiger partial charge in [0.2, 0.25) is 0 Å². The lowest BCUT2D eigenvalue weighted by molar-refractivity contribution is -0.275. The summed E-state index contributed by atoms with van der Waals surface area (Å²) in [6.45, 7) is 2.72. The van der Waals surface area contributed by atoms with Crippen LogP contribution in [0.1, 0.15) is 30.5 Å². The fourth-order valence-corrected chi connectivity index (χ4v) is 3.90. The summed E-state index contributed by atoms with van der Waals surface area (Å²) in [6.07, 6.45) is -4.99. The number of benzene rings is 2. The zero-order valence-electron chi connectivity index (χ0n) is 20.4. The Labute approximate surface area is 208 Å². The van der Waals surface area contributed by atoms with E-state index in [0.29, 0.717) is 13.0 Å². The largest absolute Gasteiger partial charge is 0.573 e. The maximum Gasteiger partial charge on any atom is 0.573 e. The Kier molecular flexibility index (Phi) is 9.80. The van der Waals surface area contributed by atoms with Crippen molar-refractivity contribution in [1.29, 1.82) is 0 Å². The molecule has 2 aromatic carbocycles. The van der Waals surface area contributed by atoms with E-state index in [1.54, 1.807) is 25.3 Å². The Balaban J connectivity index is 1.62. The Morgan fingerprint density at radius 3 is 2.64 bits per heavy atom. The van der Waals surface area contributed by atoms with E-state index in [0.717, 1.165) is 5.56 Å². The molecule has 1 N–H and O–H groups in total. The molecule has 3 rings (SSSR count). The number of hydrogen-bond donors (Lipinski definition) is 1. The van der Waals surface area contributed by atoms with Crippen LogP contribution in [-0.2, 0) is 20.8 Å². The molecule has 0 aliphatic carbocycles. The summed E-state index contributed by atoms with van der Waals surface area (Å²) in [5.74, 6) is -0.247. The van der Waals surface area contributed by atoms with E-state index in [1.165, 1.54) is 19.1 Å². The summed E-state index contributed by atoms with van der Waals surface area (Å²) >= 11 is 0. The second kappa shape index (κ2) is 12.8. The van der Waals surface area contributed by atoms with Gasteiger partial charge in [-0.05, 0) is 38.1 Å². The van der Waals surface area contributed by atoms with Crippen LogP contribution in [0.15, 0.2) is 48.5 Å². The highest BCUT2D eigenvalue weighted by Gasteiger charge is 2.34. The number of alkyl halides is 3. The van der Waals surface area contributed by atoms with Crippen molar-refractivity contribution < 1.29 is 41.7 Å². The first-order chi connectivity index (χ1) is 17.1. The van der Waals surface area contributed by atoms with Gasteiger partial charge in [-0.1, -0.05) is 30.3 Å². The van der Waals surface area contributed by atoms with Crippen molar-refractivity contribution in [2.24, 2.45) is 0 Å². The first kappa shape index (κ1) is 27.6. The summed E-state index contributed by atoms with van der Waals surface area (Å²) in [6, 6.07) is 12.4. The predicted octanol–water partition coefficient (Wildman–Crippen LogP) is 4.64. The molecule has 198 valence electrons. The third-order valence-electron chi connectivity index (χ3n) is 5.74. The molecular weight excluding hydrogens is 481 g/mol. The van der Waals surface area contributed by atoms with Crippen LogP contribution in [0.4, 0.5) is 18.0 Å². The Bertz CT molecular complexity index is 976. The highest BCUT2D eigenvalue weighted by Crippen LogP contribution is 2.34. The molecule has 0 saturated carbocycles. The Morgan fingerprint density at radius 2 is 1.94 bits per heavy atom. The summed E-state index contributed by atoms with van der Waals surface area (Å²) in [5.41, 5.74) is 0.912. The molecule has 3 atom stereocenters. The lowest BCUT2D eigenvalue weighted by Gasteiger charge is -2.22. The molecule has 1 saturated heterocycles. The van der Waals surface area contributed by atoms with Crippen molar-refractivity contribution in [2.45, 2.75) is 44.5 Å². The van der Waals surface area contributed by atoms with E-state index >= 15 is 0 Å². The van der Waals surface area contributed by atoms with Gasteiger partial charge in [0.05, 0.1) is 12.1 Å². The van der Waals surface area contributed by atoms with Gasteiger partial charge >= 0.3 is 12.5 Å². The van der Waals surface area contributed by atoms with Crippen molar-refractivity contribution in [3.8, 4) is 11.5 Å². The smallest absolute Gasteiger partial charge is 0.492 e. The van der Waals surface area contributed by atoms with Crippen LogP contribution in [0.3, 0.4) is 0 Å². The normalized spacial score (nSPS) is 19.1. The molecular formula is C25H31F3N2O6. The number of nitrogens with one attached hydrogen (secondary N) is 1. The second-order valence-corrected chi connectivity index (χ2v) is 8.51. The summed E-state index contributed by atoms with van der Waals surface area (Å²) in [7, 11) is 3.48. The molecule has 36 heavy (non-hydrogen) atoms. The van der Waals surface area contributed by atoms with E-state index in [1.807, 2.05) is 25.2 Å². The van der Waals surface area contributed by atoms with Gasteiger partial charge in [0, 0.05) is 31.3 Å². The molecule has 1 aliphatic heterocycles. The minimum absolute atomic E-state index is 0.0105. The molecule has 1 aliphatic rings. The van der Waals surface area contributed by atoms with Gasteiger partial charge in [0.1, 0.15) is 31.5 Å². The van der Waals surface area contributed by atoms with Gasteiger partial charge < -0.3 is 29.0 Å². The van der Waals surface area contributed by atoms with E-state index in [-0.39, 0.29) is 43.5 Å². The van der Waals surface area contributed by atoms with E-state index in [9.17, 15) is 18.0 Å². The molecule has 8 nitrogen and oxygen atoms in total. The number of hydrogen-bond acceptors (Lipinski definition) is 7. The summed E-state index contributed by atoms with van der Waals surface area (Å²) in [4.78, 5) is 14.3. The van der Waals surface area contributed by atoms with Crippen molar-refractivity contribution in [3.05, 3.63) is 59.7 Å². The van der Waals surface area contributed by atoms with Gasteiger partial charge in [-0.3, -0.25) is 4.90 Å². The van der Waals surface area contributed by atoms with Gasteiger partial charge in [-0.2, -0.15) is 0 Å². The standard InChI is InChI=1S/C25H31F3N2O6/c1-17(29-24(31)34-14-18-7-5-4-6-8-18)22-10-9-20(12-23(22)36-25(26,27)28)33-15-19-11-21(13-30(19)2)35-16-32-3/h4-10,12,17,19,21H,11,13-16H2,1-3H3,(H,29,31)/t17-,19+,21+/m0/s1. The van der Waals surface area contributed by atoms with Crippen LogP contribution >= 0.6 is 0 Å². The van der Waals surface area contributed by atoms with Gasteiger partial charge in [0.25, 0.3) is 0 Å². The zero-order chi connectivity index (χ0) is 26.1. The number of halogens is 3. The molecule has 1 fully saturated rings. The average molecular weight is 513 g/mol. The molecule has 0 aromatic heterocycles. The van der Waals surface area contributed by atoms with Crippen LogP contribution in [0.5, 0.6) is 11.5 Å². The molecule has 0 radical (unpaired) electrons. The number of amides is 1. The molecule has 0 bridgehead atoms. The van der Waals surface area contributed by atoms with Crippen LogP contribution in [0.25, 0.3) is 0 Å². The summed E-state index contributed by atoms with van der Waals surface area (Å²) in [5, 5.41) is 2.54. The first-order valence-corrected chi connectivity index (χ1v) is 11.4. The maximum absolute atomic E-state index is 13.1. The van der Waals surface area contributed by atoms with E-state index < -0.39 is 24.2 Å². The molecule has 2 aromatic rings. The number of methoxy groups -OCH3 is 1. The number of nitrogens with zero attached hydrogens (tertiary/aromatic N) is 1. The summed E-state index contributed by atoms with van der Waals surface area (Å²) < 4.78 is 65.0. The second-order valence-electron chi connectivity index (χ2n) is 8.51. The quantitative estimate of drug-likeness (QED) is 0.440. The fourth-order valence-electron chi connectivity index (χ4n) is 3.90. The van der Waals surface area contributed by atoms with Crippen LogP contribution in [-0.4, -0.2) is 63.6 Å². The number of likely N-dealkylation sites (tertiary alicyclic amines) is 1. The first-order valence-electron chi connectivity index (χ1n) is 11.4. The molecule has 0 spiro atoms. The monoisotopic (exact) mass is 512 g/mol. The third-order valence-corrected chi connectivity index (χ3v) is 5.74. The lowest BCUT2D eigenvalue weighted by Crippen LogP contribution is -2.30. The zero-order valence-corrected chi connectivity index (χ0v) is 20.4. The topological polar surface area (TPSA) is 78.5 Å². The average Bonchev–Trinajstić information content (AvgIpc) is 3.19. The molecule has 1 heterocycles. The van der Waals surface area contributed by atoms with Crippen LogP contribution < -0.4 is 14.8 Å². The number of ether oxygens (including phenoxy) is 5. The minimum atomic E-state index is -4.92. The van der Waals surface area contributed by atoms with E-state index in [4.69, 9.17) is 18.9 Å². The number of alkyl carbamates (subject to hydrolysis) is 1. The Morgan fingerprint density at radius 1 is 1.19 bits per heavy atom.